The van der Waals surface area contributed by atoms with E-state index in [0.717, 1.165) is 22.3 Å². The maximum atomic E-state index is 5.59. The Bertz CT molecular complexity index is 491. The number of hydrogen-bond donors (Lipinski definition) is 0. The van der Waals surface area contributed by atoms with Crippen LogP contribution in [0.1, 0.15) is 11.1 Å². The first-order valence-corrected chi connectivity index (χ1v) is 9.44. The van der Waals surface area contributed by atoms with E-state index >= 15 is 0 Å². The van der Waals surface area contributed by atoms with Gasteiger partial charge in [0.25, 0.3) is 0 Å². The van der Waals surface area contributed by atoms with Crippen LogP contribution in [0.25, 0.3) is 11.1 Å². The molecule has 158 valence electrons. The molecule has 0 N–H and O–H groups in total. The van der Waals surface area contributed by atoms with Crippen molar-refractivity contribution in [1.29, 1.82) is 0 Å². The zero-order chi connectivity index (χ0) is 20.5. The molecule has 0 amide bonds. The standard InChI is InChI=1S/C22H34O6/c1-19(17-27-15-13-25-11-9-23-3)21-5-7-22(8-6-21)20(2)18-28-16-14-26-12-10-24-4/h5-8H,1-2,9-18H2,3-4H3. The highest BCUT2D eigenvalue weighted by molar-refractivity contribution is 5.69. The summed E-state index contributed by atoms with van der Waals surface area (Å²) < 4.78 is 31.7. The monoisotopic (exact) mass is 394 g/mol. The quantitative estimate of drug-likeness (QED) is 0.357. The Morgan fingerprint density at radius 1 is 0.571 bits per heavy atom. The molecule has 0 fully saturated rings. The van der Waals surface area contributed by atoms with Crippen LogP contribution in [0.2, 0.25) is 0 Å². The molecule has 0 heterocycles. The Kier molecular flexibility index (Phi) is 14.4. The SMILES string of the molecule is C=C(COCCOCCOC)c1ccc(C(=C)COCCOCCOC)cc1. The molecule has 0 unspecified atom stereocenters. The van der Waals surface area contributed by atoms with E-state index in [2.05, 4.69) is 13.2 Å². The van der Waals surface area contributed by atoms with E-state index in [1.165, 1.54) is 0 Å². The summed E-state index contributed by atoms with van der Waals surface area (Å²) in [6.07, 6.45) is 0. The van der Waals surface area contributed by atoms with Crippen LogP contribution in [-0.2, 0) is 28.4 Å². The normalized spacial score (nSPS) is 10.9. The van der Waals surface area contributed by atoms with Gasteiger partial charge >= 0.3 is 0 Å². The van der Waals surface area contributed by atoms with Gasteiger partial charge in [-0.1, -0.05) is 37.4 Å². The van der Waals surface area contributed by atoms with Crippen LogP contribution in [-0.4, -0.2) is 80.3 Å². The number of hydrogen-bond acceptors (Lipinski definition) is 6. The number of methoxy groups -OCH3 is 2. The first kappa shape index (κ1) is 24.5. The van der Waals surface area contributed by atoms with Gasteiger partial charge in [0.1, 0.15) is 0 Å². The fourth-order valence-electron chi connectivity index (χ4n) is 2.22. The van der Waals surface area contributed by atoms with Gasteiger partial charge in [0, 0.05) is 14.2 Å². The summed E-state index contributed by atoms with van der Waals surface area (Å²) in [5, 5.41) is 0. The van der Waals surface area contributed by atoms with Crippen LogP contribution < -0.4 is 0 Å². The first-order valence-electron chi connectivity index (χ1n) is 9.44. The van der Waals surface area contributed by atoms with Crippen molar-refractivity contribution in [2.24, 2.45) is 0 Å². The molecule has 0 aliphatic carbocycles. The second-order valence-corrected chi connectivity index (χ2v) is 6.10. The average Bonchev–Trinajstić information content (AvgIpc) is 2.72. The molecule has 0 bridgehead atoms. The molecule has 6 heteroatoms. The predicted molar refractivity (Wildman–Crippen MR) is 112 cm³/mol. The van der Waals surface area contributed by atoms with Crippen molar-refractivity contribution in [3.05, 3.63) is 48.6 Å². The third kappa shape index (κ3) is 11.3. The first-order chi connectivity index (χ1) is 13.7. The lowest BCUT2D eigenvalue weighted by molar-refractivity contribution is 0.0324. The van der Waals surface area contributed by atoms with Crippen molar-refractivity contribution in [3.8, 4) is 0 Å². The Morgan fingerprint density at radius 3 is 1.25 bits per heavy atom. The van der Waals surface area contributed by atoms with E-state index in [0.29, 0.717) is 66.1 Å². The second kappa shape index (κ2) is 16.4. The third-order valence-corrected chi connectivity index (χ3v) is 3.86. The van der Waals surface area contributed by atoms with E-state index in [9.17, 15) is 0 Å². The van der Waals surface area contributed by atoms with Crippen molar-refractivity contribution in [2.45, 2.75) is 0 Å². The summed E-state index contributed by atoms with van der Waals surface area (Å²) in [5.74, 6) is 0. The van der Waals surface area contributed by atoms with Crippen LogP contribution in [0.3, 0.4) is 0 Å². The Balaban J connectivity index is 2.20. The lowest BCUT2D eigenvalue weighted by Gasteiger charge is -2.11. The summed E-state index contributed by atoms with van der Waals surface area (Å²) in [7, 11) is 3.30. The van der Waals surface area contributed by atoms with E-state index in [-0.39, 0.29) is 0 Å². The van der Waals surface area contributed by atoms with Gasteiger partial charge in [-0.05, 0) is 22.3 Å². The minimum atomic E-state index is 0.472. The Labute approximate surface area is 169 Å². The largest absolute Gasteiger partial charge is 0.382 e. The second-order valence-electron chi connectivity index (χ2n) is 6.10. The number of ether oxygens (including phenoxy) is 6. The molecule has 0 aromatic heterocycles. The minimum absolute atomic E-state index is 0.472. The van der Waals surface area contributed by atoms with E-state index in [1.54, 1.807) is 14.2 Å². The Hall–Kier alpha value is -1.54. The molecule has 0 aliphatic heterocycles. The fraction of sp³-hybridized carbons (Fsp3) is 0.545. The highest BCUT2D eigenvalue weighted by atomic mass is 16.5. The number of rotatable bonds is 18. The van der Waals surface area contributed by atoms with Gasteiger partial charge in [-0.25, -0.2) is 0 Å². The smallest absolute Gasteiger partial charge is 0.0718 e. The predicted octanol–water partition coefficient (Wildman–Crippen LogP) is 3.07. The molecule has 0 atom stereocenters. The minimum Gasteiger partial charge on any atom is -0.382 e. The summed E-state index contributed by atoms with van der Waals surface area (Å²) in [4.78, 5) is 0. The molecular formula is C22H34O6. The highest BCUT2D eigenvalue weighted by Crippen LogP contribution is 2.18. The summed E-state index contributed by atoms with van der Waals surface area (Å²) in [6, 6.07) is 8.09. The molecule has 28 heavy (non-hydrogen) atoms. The van der Waals surface area contributed by atoms with Crippen molar-refractivity contribution < 1.29 is 28.4 Å². The number of benzene rings is 1. The van der Waals surface area contributed by atoms with Gasteiger partial charge in [-0.15, -0.1) is 0 Å². The molecule has 0 spiro atoms. The molecule has 0 radical (unpaired) electrons. The van der Waals surface area contributed by atoms with Crippen molar-refractivity contribution >= 4 is 11.1 Å². The van der Waals surface area contributed by atoms with Gasteiger partial charge < -0.3 is 28.4 Å². The zero-order valence-corrected chi connectivity index (χ0v) is 17.2. The topological polar surface area (TPSA) is 55.4 Å². The molecule has 6 nitrogen and oxygen atoms in total. The van der Waals surface area contributed by atoms with Crippen LogP contribution in [0.15, 0.2) is 37.4 Å². The molecule has 1 aromatic carbocycles. The average molecular weight is 395 g/mol. The van der Waals surface area contributed by atoms with Gasteiger partial charge in [0.15, 0.2) is 0 Å². The third-order valence-electron chi connectivity index (χ3n) is 3.86. The lowest BCUT2D eigenvalue weighted by atomic mass is 10.0. The van der Waals surface area contributed by atoms with Gasteiger partial charge in [-0.2, -0.15) is 0 Å². The molecule has 1 aromatic rings. The molecule has 0 saturated carbocycles. The van der Waals surface area contributed by atoms with Crippen LogP contribution in [0, 0.1) is 0 Å². The molecule has 1 rings (SSSR count). The van der Waals surface area contributed by atoms with E-state index < -0.39 is 0 Å². The van der Waals surface area contributed by atoms with E-state index in [4.69, 9.17) is 28.4 Å². The maximum absolute atomic E-state index is 5.59. The van der Waals surface area contributed by atoms with Crippen LogP contribution >= 0.6 is 0 Å². The summed E-state index contributed by atoms with van der Waals surface area (Å²) in [5.41, 5.74) is 3.95. The van der Waals surface area contributed by atoms with Gasteiger partial charge in [0.2, 0.25) is 0 Å². The van der Waals surface area contributed by atoms with Crippen molar-refractivity contribution in [3.63, 3.8) is 0 Å². The highest BCUT2D eigenvalue weighted by Gasteiger charge is 2.03. The van der Waals surface area contributed by atoms with Gasteiger partial charge in [0.05, 0.1) is 66.1 Å². The molecule has 0 saturated heterocycles. The maximum Gasteiger partial charge on any atom is 0.0718 e. The van der Waals surface area contributed by atoms with Gasteiger partial charge in [-0.3, -0.25) is 0 Å². The fourth-order valence-corrected chi connectivity index (χ4v) is 2.22. The molecule has 0 aliphatic rings. The summed E-state index contributed by atoms with van der Waals surface area (Å²) in [6.45, 7) is 13.6. The Morgan fingerprint density at radius 2 is 0.893 bits per heavy atom. The zero-order valence-electron chi connectivity index (χ0n) is 17.2. The summed E-state index contributed by atoms with van der Waals surface area (Å²) >= 11 is 0. The molecular weight excluding hydrogens is 360 g/mol. The van der Waals surface area contributed by atoms with Crippen LogP contribution in [0.5, 0.6) is 0 Å². The van der Waals surface area contributed by atoms with Crippen LogP contribution in [0.4, 0.5) is 0 Å². The van der Waals surface area contributed by atoms with E-state index in [1.807, 2.05) is 24.3 Å². The lowest BCUT2D eigenvalue weighted by Crippen LogP contribution is -2.09. The van der Waals surface area contributed by atoms with Crippen molar-refractivity contribution in [2.75, 3.05) is 80.3 Å². The van der Waals surface area contributed by atoms with Crippen molar-refractivity contribution in [1.82, 2.24) is 0 Å².